The number of nitrogens with one attached hydrogen (secondary N) is 1. The molecular formula is C23H24N4O5S2. The van der Waals surface area contributed by atoms with E-state index in [0.717, 1.165) is 8.61 Å². The molecular weight excluding hydrogens is 476 g/mol. The molecule has 1 saturated heterocycles. The van der Waals surface area contributed by atoms with Crippen molar-refractivity contribution in [3.63, 3.8) is 0 Å². The lowest BCUT2D eigenvalue weighted by atomic mass is 10.2. The van der Waals surface area contributed by atoms with Crippen LogP contribution in [0.3, 0.4) is 0 Å². The number of carbonyl (C=O) groups is 1. The van der Waals surface area contributed by atoms with Crippen molar-refractivity contribution in [3.05, 3.63) is 90.8 Å². The van der Waals surface area contributed by atoms with Crippen molar-refractivity contribution >= 4 is 26.0 Å². The molecule has 11 heteroatoms. The molecule has 0 radical (unpaired) electrons. The van der Waals surface area contributed by atoms with Gasteiger partial charge in [-0.1, -0.05) is 42.5 Å². The third-order valence-electron chi connectivity index (χ3n) is 5.50. The summed E-state index contributed by atoms with van der Waals surface area (Å²) in [6.45, 7) is -0.462. The molecule has 1 aliphatic heterocycles. The van der Waals surface area contributed by atoms with Crippen molar-refractivity contribution < 1.29 is 21.6 Å². The molecule has 2 aromatic carbocycles. The number of pyridine rings is 1. The fraction of sp³-hybridized carbons (Fsp3) is 0.217. The Hall–Kier alpha value is -3.12. The van der Waals surface area contributed by atoms with E-state index in [2.05, 4.69) is 10.3 Å². The van der Waals surface area contributed by atoms with Gasteiger partial charge in [-0.15, -0.1) is 0 Å². The van der Waals surface area contributed by atoms with Gasteiger partial charge in [-0.25, -0.2) is 16.8 Å². The zero-order chi connectivity index (χ0) is 24.2. The molecule has 2 heterocycles. The van der Waals surface area contributed by atoms with Gasteiger partial charge in [-0.2, -0.15) is 8.61 Å². The molecule has 0 bridgehead atoms. The summed E-state index contributed by atoms with van der Waals surface area (Å²) in [5, 5.41) is 2.70. The number of rotatable bonds is 7. The Morgan fingerprint density at radius 3 is 2.00 bits per heavy atom. The maximum atomic E-state index is 13.4. The number of aromatic nitrogens is 1. The number of amides is 1. The van der Waals surface area contributed by atoms with Gasteiger partial charge in [0.05, 0.1) is 22.0 Å². The van der Waals surface area contributed by atoms with E-state index in [1.807, 2.05) is 0 Å². The van der Waals surface area contributed by atoms with Crippen molar-refractivity contribution in [2.45, 2.75) is 22.4 Å². The van der Waals surface area contributed by atoms with Gasteiger partial charge in [0.15, 0.2) is 0 Å². The molecule has 34 heavy (non-hydrogen) atoms. The highest BCUT2D eigenvalue weighted by Crippen LogP contribution is 2.25. The van der Waals surface area contributed by atoms with Gasteiger partial charge < -0.3 is 5.32 Å². The molecule has 1 fully saturated rings. The number of piperazine rings is 1. The topological polar surface area (TPSA) is 117 Å². The van der Waals surface area contributed by atoms with Crippen molar-refractivity contribution in [1.29, 1.82) is 0 Å². The van der Waals surface area contributed by atoms with Gasteiger partial charge in [0, 0.05) is 25.8 Å². The van der Waals surface area contributed by atoms with Crippen LogP contribution in [0.2, 0.25) is 0 Å². The summed E-state index contributed by atoms with van der Waals surface area (Å²) >= 11 is 0. The molecule has 0 aliphatic carbocycles. The van der Waals surface area contributed by atoms with Crippen LogP contribution < -0.4 is 5.32 Å². The van der Waals surface area contributed by atoms with E-state index in [1.54, 1.807) is 60.8 Å². The zero-order valence-corrected chi connectivity index (χ0v) is 19.8. The fourth-order valence-corrected chi connectivity index (χ4v) is 6.78. The monoisotopic (exact) mass is 500 g/mol. The highest BCUT2D eigenvalue weighted by atomic mass is 32.2. The van der Waals surface area contributed by atoms with Crippen LogP contribution in [-0.2, 0) is 31.4 Å². The molecule has 0 unspecified atom stereocenters. The van der Waals surface area contributed by atoms with Gasteiger partial charge in [0.1, 0.15) is 6.04 Å². The van der Waals surface area contributed by atoms with Gasteiger partial charge in [-0.3, -0.25) is 9.78 Å². The molecule has 0 spiro atoms. The summed E-state index contributed by atoms with van der Waals surface area (Å²) in [6, 6.07) is 19.7. The second-order valence-corrected chi connectivity index (χ2v) is 11.5. The Bertz CT molecular complexity index is 1340. The number of nitrogens with zero attached hydrogens (tertiary/aromatic N) is 3. The minimum absolute atomic E-state index is 0.0388. The molecule has 1 amide bonds. The quantitative estimate of drug-likeness (QED) is 0.525. The number of benzene rings is 2. The molecule has 1 atom stereocenters. The van der Waals surface area contributed by atoms with Crippen molar-refractivity contribution in [2.75, 3.05) is 19.6 Å². The van der Waals surface area contributed by atoms with E-state index >= 15 is 0 Å². The summed E-state index contributed by atoms with van der Waals surface area (Å²) in [4.78, 5) is 17.5. The molecule has 0 saturated carbocycles. The first-order valence-corrected chi connectivity index (χ1v) is 13.5. The fourth-order valence-electron chi connectivity index (χ4n) is 3.73. The minimum Gasteiger partial charge on any atom is -0.349 e. The van der Waals surface area contributed by atoms with E-state index in [0.29, 0.717) is 5.69 Å². The SMILES string of the molecule is O=C(NCc1ccccn1)[C@H]1CN(S(=O)(=O)c2ccccc2)CCN1S(=O)(=O)c1ccccc1. The molecule has 3 aromatic rings. The summed E-state index contributed by atoms with van der Waals surface area (Å²) in [5.41, 5.74) is 0.595. The molecule has 9 nitrogen and oxygen atoms in total. The average molecular weight is 501 g/mol. The lowest BCUT2D eigenvalue weighted by Gasteiger charge is -2.38. The predicted octanol–water partition coefficient (Wildman–Crippen LogP) is 1.46. The van der Waals surface area contributed by atoms with Gasteiger partial charge in [-0.05, 0) is 36.4 Å². The molecule has 1 N–H and O–H groups in total. The number of sulfonamides is 2. The van der Waals surface area contributed by atoms with Crippen LogP contribution in [-0.4, -0.2) is 62.0 Å². The molecule has 4 rings (SSSR count). The number of hydrogen-bond acceptors (Lipinski definition) is 6. The maximum absolute atomic E-state index is 13.4. The van der Waals surface area contributed by atoms with Crippen LogP contribution in [0.5, 0.6) is 0 Å². The third-order valence-corrected chi connectivity index (χ3v) is 9.30. The first-order chi connectivity index (χ1) is 16.3. The predicted molar refractivity (Wildman–Crippen MR) is 125 cm³/mol. The minimum atomic E-state index is -4.04. The standard InChI is InChI=1S/C23H24N4O5S2/c28-23(25-17-19-9-7-8-14-24-19)22-18-26(33(29,30)20-10-3-1-4-11-20)15-16-27(22)34(31,32)21-12-5-2-6-13-21/h1-14,22H,15-18H2,(H,25,28)/t22-/m1/s1. The molecule has 178 valence electrons. The smallest absolute Gasteiger partial charge is 0.243 e. The Balaban J connectivity index is 1.63. The Morgan fingerprint density at radius 1 is 0.824 bits per heavy atom. The van der Waals surface area contributed by atoms with E-state index in [9.17, 15) is 21.6 Å². The van der Waals surface area contributed by atoms with Crippen LogP contribution in [0.15, 0.2) is 94.9 Å². The van der Waals surface area contributed by atoms with Crippen LogP contribution in [0.4, 0.5) is 0 Å². The van der Waals surface area contributed by atoms with Crippen molar-refractivity contribution in [2.24, 2.45) is 0 Å². The normalized spacial score (nSPS) is 17.8. The van der Waals surface area contributed by atoms with E-state index < -0.39 is 32.0 Å². The van der Waals surface area contributed by atoms with Crippen LogP contribution in [0, 0.1) is 0 Å². The van der Waals surface area contributed by atoms with Crippen molar-refractivity contribution in [3.8, 4) is 0 Å². The first kappa shape index (κ1) is 24.0. The second-order valence-electron chi connectivity index (χ2n) is 7.66. The van der Waals surface area contributed by atoms with Gasteiger partial charge in [0.2, 0.25) is 26.0 Å². The Labute approximate surface area is 199 Å². The number of hydrogen-bond donors (Lipinski definition) is 1. The zero-order valence-electron chi connectivity index (χ0n) is 18.2. The van der Waals surface area contributed by atoms with Crippen LogP contribution in [0.1, 0.15) is 5.69 Å². The van der Waals surface area contributed by atoms with E-state index in [4.69, 9.17) is 0 Å². The summed E-state index contributed by atoms with van der Waals surface area (Å²) in [7, 11) is -7.95. The third kappa shape index (κ3) is 5.02. The average Bonchev–Trinajstić information content (AvgIpc) is 2.88. The highest BCUT2D eigenvalue weighted by molar-refractivity contribution is 7.89. The van der Waals surface area contributed by atoms with E-state index in [-0.39, 0.29) is 36.0 Å². The first-order valence-electron chi connectivity index (χ1n) is 10.6. The maximum Gasteiger partial charge on any atom is 0.243 e. The Kier molecular flexibility index (Phi) is 7.08. The largest absolute Gasteiger partial charge is 0.349 e. The summed E-state index contributed by atoms with van der Waals surface area (Å²) in [6.07, 6.45) is 1.59. The van der Waals surface area contributed by atoms with Gasteiger partial charge >= 0.3 is 0 Å². The van der Waals surface area contributed by atoms with Crippen molar-refractivity contribution in [1.82, 2.24) is 18.9 Å². The summed E-state index contributed by atoms with van der Waals surface area (Å²) < 4.78 is 55.3. The highest BCUT2D eigenvalue weighted by Gasteiger charge is 2.43. The molecule has 1 aromatic heterocycles. The van der Waals surface area contributed by atoms with E-state index in [1.165, 1.54) is 24.3 Å². The second kappa shape index (κ2) is 10.0. The van der Waals surface area contributed by atoms with Crippen LogP contribution >= 0.6 is 0 Å². The van der Waals surface area contributed by atoms with Gasteiger partial charge in [0.25, 0.3) is 0 Å². The lowest BCUT2D eigenvalue weighted by Crippen LogP contribution is -2.61. The Morgan fingerprint density at radius 2 is 1.41 bits per heavy atom. The van der Waals surface area contributed by atoms with Crippen LogP contribution in [0.25, 0.3) is 0 Å². The summed E-state index contributed by atoms with van der Waals surface area (Å²) in [5.74, 6) is -0.599. The molecule has 1 aliphatic rings. The number of carbonyl (C=O) groups excluding carboxylic acids is 1. The lowest BCUT2D eigenvalue weighted by molar-refractivity contribution is -0.126.